The van der Waals surface area contributed by atoms with Crippen LogP contribution < -0.4 is 9.64 Å². The number of ether oxygens (including phenoxy) is 1. The molecular weight excluding hydrogens is 304 g/mol. The Labute approximate surface area is 142 Å². The van der Waals surface area contributed by atoms with Crippen molar-refractivity contribution in [3.05, 3.63) is 60.2 Å². The van der Waals surface area contributed by atoms with Crippen molar-refractivity contribution in [1.82, 2.24) is 0 Å². The number of anilines is 1. The summed E-state index contributed by atoms with van der Waals surface area (Å²) in [4.78, 5) is 18.7. The van der Waals surface area contributed by atoms with Gasteiger partial charge in [-0.2, -0.15) is 0 Å². The van der Waals surface area contributed by atoms with Crippen molar-refractivity contribution in [2.75, 3.05) is 18.6 Å². The molecule has 5 nitrogen and oxygen atoms in total. The molecule has 0 aliphatic rings. The zero-order valence-corrected chi connectivity index (χ0v) is 14.2. The number of rotatable bonds is 7. The first kappa shape index (κ1) is 17.5. The second-order valence-corrected chi connectivity index (χ2v) is 5.50. The molecule has 2 aromatic rings. The lowest BCUT2D eigenvalue weighted by atomic mass is 10.2. The number of hydrogen-bond donors (Lipinski definition) is 0. The maximum atomic E-state index is 12.1. The maximum Gasteiger partial charge on any atom is 0.267 e. The smallest absolute Gasteiger partial charge is 0.267 e. The lowest BCUT2D eigenvalue weighted by Crippen LogP contribution is -2.29. The molecule has 0 aliphatic carbocycles. The Kier molecular flexibility index (Phi) is 6.37. The van der Waals surface area contributed by atoms with Crippen molar-refractivity contribution >= 4 is 17.8 Å². The Hall–Kier alpha value is -2.82. The molecule has 0 atom stereocenters. The van der Waals surface area contributed by atoms with Gasteiger partial charge in [0.2, 0.25) is 0 Å². The number of oxime groups is 1. The van der Waals surface area contributed by atoms with E-state index in [1.807, 2.05) is 68.4 Å². The highest BCUT2D eigenvalue weighted by Crippen LogP contribution is 2.17. The molecule has 0 bridgehead atoms. The van der Waals surface area contributed by atoms with Crippen LogP contribution in [0, 0.1) is 0 Å². The predicted molar refractivity (Wildman–Crippen MR) is 95.6 cm³/mol. The van der Waals surface area contributed by atoms with Gasteiger partial charge in [0.1, 0.15) is 5.75 Å². The molecule has 24 heavy (non-hydrogen) atoms. The van der Waals surface area contributed by atoms with Crippen molar-refractivity contribution in [3.8, 4) is 5.75 Å². The molecule has 0 saturated carbocycles. The highest BCUT2D eigenvalue weighted by Gasteiger charge is 2.10. The molecule has 0 aromatic heterocycles. The van der Waals surface area contributed by atoms with Crippen LogP contribution in [-0.2, 0) is 9.63 Å². The fraction of sp³-hybridized carbons (Fsp3) is 0.263. The quantitative estimate of drug-likeness (QED) is 0.578. The van der Waals surface area contributed by atoms with E-state index in [0.717, 1.165) is 17.0 Å². The average molecular weight is 326 g/mol. The Balaban J connectivity index is 1.90. The SMILES string of the molecule is CC(C)Oc1ccccc1/C=N/OCC(=O)N(C)c1ccccc1. The monoisotopic (exact) mass is 326 g/mol. The van der Waals surface area contributed by atoms with Crippen molar-refractivity contribution in [3.63, 3.8) is 0 Å². The molecular formula is C19H22N2O3. The molecule has 0 unspecified atom stereocenters. The van der Waals surface area contributed by atoms with Crippen LogP contribution in [0.3, 0.4) is 0 Å². The topological polar surface area (TPSA) is 51.1 Å². The van der Waals surface area contributed by atoms with E-state index >= 15 is 0 Å². The van der Waals surface area contributed by atoms with Gasteiger partial charge in [-0.3, -0.25) is 4.79 Å². The third kappa shape index (κ3) is 5.12. The van der Waals surface area contributed by atoms with E-state index in [-0.39, 0.29) is 18.6 Å². The van der Waals surface area contributed by atoms with Crippen LogP contribution in [-0.4, -0.2) is 31.9 Å². The van der Waals surface area contributed by atoms with Gasteiger partial charge in [-0.15, -0.1) is 0 Å². The lowest BCUT2D eigenvalue weighted by molar-refractivity contribution is -0.122. The largest absolute Gasteiger partial charge is 0.490 e. The van der Waals surface area contributed by atoms with E-state index in [4.69, 9.17) is 9.57 Å². The minimum Gasteiger partial charge on any atom is -0.490 e. The van der Waals surface area contributed by atoms with Gasteiger partial charge in [-0.1, -0.05) is 35.5 Å². The number of likely N-dealkylation sites (N-methyl/N-ethyl adjacent to an activating group) is 1. The first-order chi connectivity index (χ1) is 11.6. The first-order valence-electron chi connectivity index (χ1n) is 7.80. The van der Waals surface area contributed by atoms with Crippen molar-refractivity contribution in [1.29, 1.82) is 0 Å². The Morgan fingerprint density at radius 1 is 1.12 bits per heavy atom. The Bertz CT molecular complexity index is 684. The van der Waals surface area contributed by atoms with Gasteiger partial charge >= 0.3 is 0 Å². The van der Waals surface area contributed by atoms with Crippen molar-refractivity contribution in [2.24, 2.45) is 5.16 Å². The Morgan fingerprint density at radius 3 is 2.50 bits per heavy atom. The fourth-order valence-corrected chi connectivity index (χ4v) is 2.03. The number of amides is 1. The summed E-state index contributed by atoms with van der Waals surface area (Å²) in [6.45, 7) is 3.79. The number of carbonyl (C=O) groups excluding carboxylic acids is 1. The summed E-state index contributed by atoms with van der Waals surface area (Å²) in [5.74, 6) is 0.553. The molecule has 126 valence electrons. The minimum atomic E-state index is -0.176. The first-order valence-corrected chi connectivity index (χ1v) is 7.80. The van der Waals surface area contributed by atoms with E-state index in [2.05, 4.69) is 5.16 Å². The highest BCUT2D eigenvalue weighted by molar-refractivity contribution is 5.93. The number of nitrogens with zero attached hydrogens (tertiary/aromatic N) is 2. The van der Waals surface area contributed by atoms with Gasteiger partial charge in [0.25, 0.3) is 5.91 Å². The van der Waals surface area contributed by atoms with Crippen LogP contribution in [0.5, 0.6) is 5.75 Å². The van der Waals surface area contributed by atoms with E-state index in [0.29, 0.717) is 0 Å². The third-order valence-corrected chi connectivity index (χ3v) is 3.25. The van der Waals surface area contributed by atoms with Crippen LogP contribution >= 0.6 is 0 Å². The van der Waals surface area contributed by atoms with Gasteiger partial charge in [0.15, 0.2) is 6.61 Å². The molecule has 0 aliphatic heterocycles. The zero-order valence-electron chi connectivity index (χ0n) is 14.2. The number of hydrogen-bond acceptors (Lipinski definition) is 4. The molecule has 0 spiro atoms. The maximum absolute atomic E-state index is 12.1. The van der Waals surface area contributed by atoms with Gasteiger partial charge in [-0.05, 0) is 38.1 Å². The summed E-state index contributed by atoms with van der Waals surface area (Å²) >= 11 is 0. The molecule has 0 radical (unpaired) electrons. The van der Waals surface area contributed by atoms with E-state index in [1.54, 1.807) is 13.3 Å². The molecule has 2 rings (SSSR count). The minimum absolute atomic E-state index is 0.0709. The van der Waals surface area contributed by atoms with Crippen LogP contribution in [0.1, 0.15) is 19.4 Å². The summed E-state index contributed by atoms with van der Waals surface area (Å²) in [5.41, 5.74) is 1.61. The van der Waals surface area contributed by atoms with E-state index in [9.17, 15) is 4.79 Å². The summed E-state index contributed by atoms with van der Waals surface area (Å²) in [6, 6.07) is 16.9. The van der Waals surface area contributed by atoms with Crippen LogP contribution in [0.15, 0.2) is 59.8 Å². The van der Waals surface area contributed by atoms with E-state index < -0.39 is 0 Å². The second kappa shape index (κ2) is 8.72. The summed E-state index contributed by atoms with van der Waals surface area (Å²) < 4.78 is 5.70. The van der Waals surface area contributed by atoms with Gasteiger partial charge in [-0.25, -0.2) is 0 Å². The molecule has 2 aromatic carbocycles. The normalized spacial score (nSPS) is 10.8. The van der Waals surface area contributed by atoms with Crippen LogP contribution in [0.2, 0.25) is 0 Å². The van der Waals surface area contributed by atoms with Crippen LogP contribution in [0.25, 0.3) is 0 Å². The van der Waals surface area contributed by atoms with Crippen LogP contribution in [0.4, 0.5) is 5.69 Å². The second-order valence-electron chi connectivity index (χ2n) is 5.50. The van der Waals surface area contributed by atoms with Gasteiger partial charge in [0, 0.05) is 18.3 Å². The molecule has 0 saturated heterocycles. The van der Waals surface area contributed by atoms with Crippen molar-refractivity contribution < 1.29 is 14.4 Å². The highest BCUT2D eigenvalue weighted by atomic mass is 16.6. The molecule has 5 heteroatoms. The average Bonchev–Trinajstić information content (AvgIpc) is 2.59. The fourth-order valence-electron chi connectivity index (χ4n) is 2.03. The van der Waals surface area contributed by atoms with Crippen molar-refractivity contribution in [2.45, 2.75) is 20.0 Å². The molecule has 0 N–H and O–H groups in total. The summed E-state index contributed by atoms with van der Waals surface area (Å²) in [6.07, 6.45) is 1.62. The molecule has 0 heterocycles. The summed E-state index contributed by atoms with van der Waals surface area (Å²) in [5, 5.41) is 3.87. The van der Waals surface area contributed by atoms with E-state index in [1.165, 1.54) is 4.90 Å². The number of benzene rings is 2. The van der Waals surface area contributed by atoms with Gasteiger partial charge < -0.3 is 14.5 Å². The number of para-hydroxylation sites is 2. The standard InChI is InChI=1S/C19H22N2O3/c1-15(2)24-18-12-8-7-9-16(18)13-20-23-14-19(22)21(3)17-10-5-4-6-11-17/h4-13,15H,14H2,1-3H3/b20-13+. The van der Waals surface area contributed by atoms with Gasteiger partial charge in [0.05, 0.1) is 12.3 Å². The predicted octanol–water partition coefficient (Wildman–Crippen LogP) is 3.49. The Morgan fingerprint density at radius 2 is 1.79 bits per heavy atom. The zero-order chi connectivity index (χ0) is 17.4. The summed E-state index contributed by atoms with van der Waals surface area (Å²) in [7, 11) is 1.70. The number of carbonyl (C=O) groups is 1. The lowest BCUT2D eigenvalue weighted by Gasteiger charge is -2.16. The third-order valence-electron chi connectivity index (χ3n) is 3.25. The molecule has 1 amide bonds. The molecule has 0 fully saturated rings.